The van der Waals surface area contributed by atoms with Gasteiger partial charge in [-0.15, -0.1) is 0 Å². The minimum atomic E-state index is -3.79. The lowest BCUT2D eigenvalue weighted by atomic mass is 10.1. The highest BCUT2D eigenvalue weighted by Gasteiger charge is 2.32. The smallest absolute Gasteiger partial charge is 0.244 e. The van der Waals surface area contributed by atoms with Crippen molar-refractivity contribution in [3.05, 3.63) is 63.6 Å². The zero-order valence-corrected chi connectivity index (χ0v) is 23.0. The lowest BCUT2D eigenvalue weighted by molar-refractivity contribution is -0.140. The summed E-state index contributed by atoms with van der Waals surface area (Å²) in [7, 11) is -3.79. The van der Waals surface area contributed by atoms with Gasteiger partial charge >= 0.3 is 0 Å². The Morgan fingerprint density at radius 2 is 1.74 bits per heavy atom. The normalized spacial score (nSPS) is 12.3. The van der Waals surface area contributed by atoms with E-state index in [1.807, 2.05) is 13.8 Å². The molecule has 7 nitrogen and oxygen atoms in total. The van der Waals surface area contributed by atoms with Crippen molar-refractivity contribution >= 4 is 50.7 Å². The molecule has 35 heavy (non-hydrogen) atoms. The average molecular weight is 543 g/mol. The fourth-order valence-corrected chi connectivity index (χ4v) is 4.99. The molecule has 192 valence electrons. The number of sulfonamides is 1. The molecule has 2 aromatic rings. The second-order valence-electron chi connectivity index (χ2n) is 8.88. The van der Waals surface area contributed by atoms with E-state index in [1.165, 1.54) is 4.90 Å². The molecule has 0 saturated carbocycles. The van der Waals surface area contributed by atoms with Crippen molar-refractivity contribution in [2.24, 2.45) is 5.92 Å². The molecule has 0 heterocycles. The highest BCUT2D eigenvalue weighted by Crippen LogP contribution is 2.26. The molecule has 0 spiro atoms. The van der Waals surface area contributed by atoms with Crippen LogP contribution in [0.25, 0.3) is 0 Å². The first-order valence-corrected chi connectivity index (χ1v) is 14.0. The average Bonchev–Trinajstić information content (AvgIpc) is 2.77. The van der Waals surface area contributed by atoms with E-state index in [4.69, 9.17) is 23.2 Å². The first-order valence-electron chi connectivity index (χ1n) is 11.4. The van der Waals surface area contributed by atoms with Gasteiger partial charge in [0.25, 0.3) is 0 Å². The molecule has 1 N–H and O–H groups in total. The fraction of sp³-hybridized carbons (Fsp3) is 0.440. The van der Waals surface area contributed by atoms with E-state index in [9.17, 15) is 18.0 Å². The first-order chi connectivity index (χ1) is 16.3. The molecular formula is C25H33Cl2N3O4S. The second-order valence-corrected chi connectivity index (χ2v) is 11.6. The first kappa shape index (κ1) is 28.9. The van der Waals surface area contributed by atoms with E-state index >= 15 is 0 Å². The molecule has 1 atom stereocenters. The fourth-order valence-electron chi connectivity index (χ4n) is 3.61. The van der Waals surface area contributed by atoms with Gasteiger partial charge in [0, 0.05) is 23.1 Å². The van der Waals surface area contributed by atoms with Crippen molar-refractivity contribution in [2.75, 3.05) is 23.7 Å². The molecule has 10 heteroatoms. The zero-order valence-electron chi connectivity index (χ0n) is 20.7. The minimum absolute atomic E-state index is 0.0216. The van der Waals surface area contributed by atoms with E-state index in [0.29, 0.717) is 39.8 Å². The summed E-state index contributed by atoms with van der Waals surface area (Å²) in [6, 6.07) is 11.0. The lowest BCUT2D eigenvalue weighted by Gasteiger charge is -2.33. The summed E-state index contributed by atoms with van der Waals surface area (Å²) in [5.41, 5.74) is 1.71. The van der Waals surface area contributed by atoms with Crippen LogP contribution in [0, 0.1) is 12.8 Å². The number of rotatable bonds is 11. The highest BCUT2D eigenvalue weighted by molar-refractivity contribution is 7.92. The number of carbonyl (C=O) groups excluding carboxylic acids is 2. The largest absolute Gasteiger partial charge is 0.354 e. The van der Waals surface area contributed by atoms with Gasteiger partial charge in [0.15, 0.2) is 0 Å². The Bertz CT molecular complexity index is 1160. The van der Waals surface area contributed by atoms with Crippen molar-refractivity contribution < 1.29 is 18.0 Å². The number of hydrogen-bond acceptors (Lipinski definition) is 4. The van der Waals surface area contributed by atoms with Crippen LogP contribution in [-0.4, -0.2) is 50.5 Å². The van der Waals surface area contributed by atoms with Gasteiger partial charge in [-0.05, 0) is 48.6 Å². The van der Waals surface area contributed by atoms with E-state index in [-0.39, 0.29) is 18.4 Å². The Morgan fingerprint density at radius 3 is 2.29 bits per heavy atom. The third kappa shape index (κ3) is 8.12. The Hall–Kier alpha value is -2.29. The van der Waals surface area contributed by atoms with Gasteiger partial charge in [-0.2, -0.15) is 0 Å². The summed E-state index contributed by atoms with van der Waals surface area (Å²) in [6.07, 6.45) is 1.39. The monoisotopic (exact) mass is 541 g/mol. The van der Waals surface area contributed by atoms with Crippen LogP contribution >= 0.6 is 23.2 Å². The number of para-hydroxylation sites is 1. The molecular weight excluding hydrogens is 509 g/mol. The van der Waals surface area contributed by atoms with E-state index in [0.717, 1.165) is 10.6 Å². The maximum absolute atomic E-state index is 13.7. The van der Waals surface area contributed by atoms with Gasteiger partial charge in [-0.25, -0.2) is 8.42 Å². The van der Waals surface area contributed by atoms with E-state index in [1.54, 1.807) is 56.3 Å². The van der Waals surface area contributed by atoms with Gasteiger partial charge in [0.05, 0.1) is 11.9 Å². The predicted octanol–water partition coefficient (Wildman–Crippen LogP) is 4.65. The van der Waals surface area contributed by atoms with Gasteiger partial charge in [-0.1, -0.05) is 68.2 Å². The highest BCUT2D eigenvalue weighted by atomic mass is 35.5. The van der Waals surface area contributed by atoms with Crippen LogP contribution in [0.3, 0.4) is 0 Å². The Kier molecular flexibility index (Phi) is 10.4. The lowest BCUT2D eigenvalue weighted by Crippen LogP contribution is -2.52. The van der Waals surface area contributed by atoms with Crippen LogP contribution in [0.4, 0.5) is 5.69 Å². The Morgan fingerprint density at radius 1 is 1.09 bits per heavy atom. The molecule has 2 amide bonds. The summed E-state index contributed by atoms with van der Waals surface area (Å²) in [6.45, 7) is 7.55. The number of benzene rings is 2. The molecule has 0 unspecified atom stereocenters. The van der Waals surface area contributed by atoms with Crippen molar-refractivity contribution in [2.45, 2.75) is 46.7 Å². The molecule has 0 radical (unpaired) electrons. The molecule has 0 aliphatic heterocycles. The van der Waals surface area contributed by atoms with Crippen molar-refractivity contribution in [1.29, 1.82) is 0 Å². The summed E-state index contributed by atoms with van der Waals surface area (Å²) in [5, 5.41) is 3.68. The van der Waals surface area contributed by atoms with E-state index < -0.39 is 28.5 Å². The maximum Gasteiger partial charge on any atom is 0.244 e. The van der Waals surface area contributed by atoms with Crippen molar-refractivity contribution in [3.8, 4) is 0 Å². The summed E-state index contributed by atoms with van der Waals surface area (Å²) < 4.78 is 26.4. The summed E-state index contributed by atoms with van der Waals surface area (Å²) in [4.78, 5) is 28.1. The SMILES string of the molecule is CC[C@@H](C(=O)NCC(C)C)N(Cc1ccc(Cl)cc1Cl)C(=O)CN(c1ccccc1C)S(C)(=O)=O. The Balaban J connectivity index is 2.47. The number of aryl methyl sites for hydroxylation is 1. The van der Waals surface area contributed by atoms with Crippen LogP contribution in [-0.2, 0) is 26.2 Å². The zero-order chi connectivity index (χ0) is 26.3. The van der Waals surface area contributed by atoms with E-state index in [2.05, 4.69) is 5.32 Å². The number of amides is 2. The summed E-state index contributed by atoms with van der Waals surface area (Å²) in [5.74, 6) is -0.592. The number of anilines is 1. The number of nitrogens with one attached hydrogen (secondary N) is 1. The molecule has 0 aromatic heterocycles. The third-order valence-corrected chi connectivity index (χ3v) is 7.20. The standard InChI is InChI=1S/C25H33Cl2N3O4S/c1-6-22(25(32)28-14-17(2)3)29(15-19-11-12-20(26)13-21(19)27)24(31)16-30(35(5,33)34)23-10-8-7-9-18(23)4/h7-13,17,22H,6,14-16H2,1-5H3,(H,28,32)/t22-/m0/s1. The van der Waals surface area contributed by atoms with Gasteiger partial charge < -0.3 is 10.2 Å². The molecule has 0 aliphatic rings. The number of carbonyl (C=O) groups is 2. The summed E-state index contributed by atoms with van der Waals surface area (Å²) >= 11 is 12.4. The van der Waals surface area contributed by atoms with Crippen molar-refractivity contribution in [1.82, 2.24) is 10.2 Å². The maximum atomic E-state index is 13.7. The predicted molar refractivity (Wildman–Crippen MR) is 142 cm³/mol. The number of nitrogens with zero attached hydrogens (tertiary/aromatic N) is 2. The van der Waals surface area contributed by atoms with Crippen molar-refractivity contribution in [3.63, 3.8) is 0 Å². The molecule has 0 bridgehead atoms. The second kappa shape index (κ2) is 12.6. The van der Waals surface area contributed by atoms with Crippen LogP contribution in [0.15, 0.2) is 42.5 Å². The molecule has 2 aromatic carbocycles. The molecule has 2 rings (SSSR count). The number of halogens is 2. The molecule has 0 saturated heterocycles. The quantitative estimate of drug-likeness (QED) is 0.448. The van der Waals surface area contributed by atoms with Crippen LogP contribution in [0.2, 0.25) is 10.0 Å². The number of hydrogen-bond donors (Lipinski definition) is 1. The van der Waals surface area contributed by atoms with Gasteiger partial charge in [0.1, 0.15) is 12.6 Å². The van der Waals surface area contributed by atoms with Crippen LogP contribution in [0.5, 0.6) is 0 Å². The molecule has 0 aliphatic carbocycles. The Labute approximate surface area is 218 Å². The minimum Gasteiger partial charge on any atom is -0.354 e. The van der Waals surface area contributed by atoms with Gasteiger partial charge in [0.2, 0.25) is 21.8 Å². The third-order valence-electron chi connectivity index (χ3n) is 5.49. The van der Waals surface area contributed by atoms with Crippen LogP contribution in [0.1, 0.15) is 38.3 Å². The van der Waals surface area contributed by atoms with Gasteiger partial charge in [-0.3, -0.25) is 13.9 Å². The van der Waals surface area contributed by atoms with Crippen LogP contribution < -0.4 is 9.62 Å². The topological polar surface area (TPSA) is 86.8 Å². The molecule has 0 fully saturated rings.